The molecule has 2 aliphatic heterocycles. The van der Waals surface area contributed by atoms with Crippen LogP contribution in [0.5, 0.6) is 17.4 Å². The molecule has 1 saturated heterocycles. The van der Waals surface area contributed by atoms with Crippen LogP contribution >= 0.6 is 11.6 Å². The summed E-state index contributed by atoms with van der Waals surface area (Å²) in [6.45, 7) is 2.58. The molecule has 2 bridgehead atoms. The van der Waals surface area contributed by atoms with Crippen LogP contribution in [-0.2, 0) is 38.5 Å². The predicted octanol–water partition coefficient (Wildman–Crippen LogP) is 6.09. The van der Waals surface area contributed by atoms with Crippen LogP contribution in [0.4, 0.5) is 0 Å². The number of amides is 1. The Morgan fingerprint density at radius 2 is 1.58 bits per heavy atom. The number of carbonyl (C=O) groups excluding carboxylic acids is 2. The molecule has 6 rings (SSSR count). The number of ether oxygens (including phenoxy) is 5. The number of piperazine rings is 1. The first-order valence-electron chi connectivity index (χ1n) is 17.5. The number of para-hydroxylation sites is 2. The molecular weight excluding hydrogens is 682 g/mol. The van der Waals surface area contributed by atoms with Crippen molar-refractivity contribution in [2.75, 3.05) is 47.1 Å². The molecule has 1 amide bonds. The summed E-state index contributed by atoms with van der Waals surface area (Å²) in [6, 6.07) is 26.3. The number of nitrogens with one attached hydrogen (secondary N) is 1. The van der Waals surface area contributed by atoms with Gasteiger partial charge in [-0.25, -0.2) is 4.98 Å². The highest BCUT2D eigenvalue weighted by molar-refractivity contribution is 6.30. The van der Waals surface area contributed by atoms with E-state index in [0.717, 1.165) is 39.1 Å². The third-order valence-corrected chi connectivity index (χ3v) is 9.55. The van der Waals surface area contributed by atoms with Crippen molar-refractivity contribution in [1.82, 2.24) is 15.2 Å². The minimum atomic E-state index is -0.362. The summed E-state index contributed by atoms with van der Waals surface area (Å²) < 4.78 is 28.5. The minimum Gasteiger partial charge on any atom is -0.496 e. The lowest BCUT2D eigenvalue weighted by atomic mass is 9.84. The maximum Gasteiger partial charge on any atom is 0.310 e. The van der Waals surface area contributed by atoms with Gasteiger partial charge in [0.2, 0.25) is 11.8 Å². The Bertz CT molecular complexity index is 1850. The van der Waals surface area contributed by atoms with E-state index < -0.39 is 0 Å². The summed E-state index contributed by atoms with van der Waals surface area (Å²) in [5.41, 5.74) is 5.59. The van der Waals surface area contributed by atoms with Gasteiger partial charge in [0, 0.05) is 54.0 Å². The van der Waals surface area contributed by atoms with Gasteiger partial charge in [-0.1, -0.05) is 60.1 Å². The van der Waals surface area contributed by atoms with Crippen molar-refractivity contribution >= 4 is 29.1 Å². The summed E-state index contributed by atoms with van der Waals surface area (Å²) in [5.74, 6) is 1.65. The molecular formula is C41H44ClN3O7. The molecule has 0 radical (unpaired) electrons. The number of methoxy groups -OCH3 is 2. The number of fused-ring (bicyclic) bond motifs is 2. The van der Waals surface area contributed by atoms with E-state index in [4.69, 9.17) is 35.3 Å². The lowest BCUT2D eigenvalue weighted by Gasteiger charge is -2.44. The summed E-state index contributed by atoms with van der Waals surface area (Å²) in [4.78, 5) is 33.1. The molecule has 1 fully saturated rings. The zero-order valence-electron chi connectivity index (χ0n) is 29.5. The second-order valence-corrected chi connectivity index (χ2v) is 13.3. The molecule has 2 aliphatic rings. The molecule has 0 aliphatic carbocycles. The van der Waals surface area contributed by atoms with Crippen molar-refractivity contribution in [2.45, 2.75) is 44.4 Å². The molecule has 1 aromatic heterocycles. The second-order valence-electron chi connectivity index (χ2n) is 12.8. The van der Waals surface area contributed by atoms with E-state index >= 15 is 0 Å². The van der Waals surface area contributed by atoms with Crippen molar-refractivity contribution in [2.24, 2.45) is 0 Å². The Hall–Kier alpha value is -4.90. The van der Waals surface area contributed by atoms with Gasteiger partial charge in [-0.05, 0) is 59.0 Å². The number of rotatable bonds is 16. The van der Waals surface area contributed by atoms with Crippen LogP contribution < -0.4 is 19.5 Å². The van der Waals surface area contributed by atoms with E-state index in [2.05, 4.69) is 10.3 Å². The van der Waals surface area contributed by atoms with E-state index in [1.807, 2.05) is 83.9 Å². The molecule has 4 aromatic rings. The van der Waals surface area contributed by atoms with Gasteiger partial charge in [0.15, 0.2) is 0 Å². The van der Waals surface area contributed by atoms with Crippen molar-refractivity contribution in [3.8, 4) is 17.4 Å². The molecule has 0 saturated carbocycles. The van der Waals surface area contributed by atoms with Gasteiger partial charge in [-0.15, -0.1) is 0 Å². The molecule has 272 valence electrons. The highest BCUT2D eigenvalue weighted by atomic mass is 35.5. The molecule has 52 heavy (non-hydrogen) atoms. The number of halogens is 1. The normalized spacial score (nSPS) is 16.7. The van der Waals surface area contributed by atoms with Crippen LogP contribution in [0.15, 0.2) is 96.7 Å². The van der Waals surface area contributed by atoms with Crippen LogP contribution in [-0.4, -0.2) is 81.0 Å². The summed E-state index contributed by atoms with van der Waals surface area (Å²) in [7, 11) is 3.23. The van der Waals surface area contributed by atoms with Crippen LogP contribution in [0, 0.1) is 0 Å². The average molecular weight is 726 g/mol. The highest BCUT2D eigenvalue weighted by Crippen LogP contribution is 2.34. The smallest absolute Gasteiger partial charge is 0.310 e. The van der Waals surface area contributed by atoms with E-state index in [1.54, 1.807) is 26.4 Å². The Morgan fingerprint density at radius 1 is 0.846 bits per heavy atom. The van der Waals surface area contributed by atoms with Gasteiger partial charge in [-0.3, -0.25) is 9.59 Å². The van der Waals surface area contributed by atoms with Gasteiger partial charge < -0.3 is 33.9 Å². The van der Waals surface area contributed by atoms with Crippen LogP contribution in [0.1, 0.15) is 35.1 Å². The quantitative estimate of drug-likeness (QED) is 0.108. The summed E-state index contributed by atoms with van der Waals surface area (Å²) in [5, 5.41) is 4.31. The lowest BCUT2D eigenvalue weighted by molar-refractivity contribution is -0.142. The fraction of sp³-hybridized carbons (Fsp3) is 0.341. The topological polar surface area (TPSA) is 108 Å². The zero-order chi connectivity index (χ0) is 36.3. The maximum atomic E-state index is 13.5. The summed E-state index contributed by atoms with van der Waals surface area (Å²) >= 11 is 6.06. The van der Waals surface area contributed by atoms with E-state index in [-0.39, 0.29) is 43.4 Å². The van der Waals surface area contributed by atoms with Crippen LogP contribution in [0.25, 0.3) is 5.57 Å². The summed E-state index contributed by atoms with van der Waals surface area (Å²) in [6.07, 6.45) is 3.53. The fourth-order valence-corrected chi connectivity index (χ4v) is 6.78. The first-order valence-corrected chi connectivity index (χ1v) is 17.8. The predicted molar refractivity (Wildman–Crippen MR) is 199 cm³/mol. The molecule has 3 heterocycles. The number of hydrogen-bond donors (Lipinski definition) is 1. The minimum absolute atomic E-state index is 0.0303. The molecule has 2 atom stereocenters. The SMILES string of the molecule is COc1ccccc1COCCCOc1ccc(C2=C(COC(=O)Cc3ccccc3OC)[C@H]3CN(C(=O)Cc4ccc(Cl)cc4)C[C@@H](C2)N3)cn1. The Kier molecular flexibility index (Phi) is 12.8. The Labute approximate surface area is 309 Å². The van der Waals surface area contributed by atoms with Gasteiger partial charge in [0.25, 0.3) is 0 Å². The average Bonchev–Trinajstić information content (AvgIpc) is 3.17. The third-order valence-electron chi connectivity index (χ3n) is 9.29. The largest absolute Gasteiger partial charge is 0.496 e. The number of aromatic nitrogens is 1. The first-order chi connectivity index (χ1) is 25.4. The highest BCUT2D eigenvalue weighted by Gasteiger charge is 2.37. The molecule has 0 unspecified atom stereocenters. The van der Waals surface area contributed by atoms with Crippen molar-refractivity contribution in [3.05, 3.63) is 124 Å². The number of benzene rings is 3. The standard InChI is InChI=1S/C41H44ClN3O7/c1-48-37-10-5-3-8-29(37)21-41(47)52-27-35-34(22-33-24-45(25-36(35)44-33)40(46)20-28-12-15-32(42)16-13-28)30-14-17-39(43-23-30)51-19-7-18-50-26-31-9-4-6-11-38(31)49-2/h3-6,8-17,23,33,36,44H,7,18-22,24-27H2,1-2H3/t33-,36-/m1/s1. The van der Waals surface area contributed by atoms with Crippen LogP contribution in [0.3, 0.4) is 0 Å². The second kappa shape index (κ2) is 18.0. The van der Waals surface area contributed by atoms with Crippen molar-refractivity contribution in [3.63, 3.8) is 0 Å². The van der Waals surface area contributed by atoms with E-state index in [0.29, 0.717) is 62.4 Å². The van der Waals surface area contributed by atoms with Gasteiger partial charge >= 0.3 is 5.97 Å². The number of nitrogens with zero attached hydrogens (tertiary/aromatic N) is 2. The van der Waals surface area contributed by atoms with Crippen molar-refractivity contribution in [1.29, 1.82) is 0 Å². The molecule has 3 aromatic carbocycles. The first kappa shape index (κ1) is 36.9. The van der Waals surface area contributed by atoms with Gasteiger partial charge in [0.05, 0.1) is 52.9 Å². The number of pyridine rings is 1. The lowest BCUT2D eigenvalue weighted by Crippen LogP contribution is -2.61. The Balaban J connectivity index is 1.11. The van der Waals surface area contributed by atoms with Gasteiger partial charge in [-0.2, -0.15) is 0 Å². The number of carbonyl (C=O) groups is 2. The number of esters is 1. The monoisotopic (exact) mass is 725 g/mol. The Morgan fingerprint density at radius 3 is 2.31 bits per heavy atom. The molecule has 11 heteroatoms. The fourth-order valence-electron chi connectivity index (χ4n) is 6.66. The third kappa shape index (κ3) is 9.70. The van der Waals surface area contributed by atoms with E-state index in [9.17, 15) is 9.59 Å². The van der Waals surface area contributed by atoms with Crippen molar-refractivity contribution < 1.29 is 33.3 Å². The molecule has 1 N–H and O–H groups in total. The van der Waals surface area contributed by atoms with Gasteiger partial charge in [0.1, 0.15) is 18.1 Å². The zero-order valence-corrected chi connectivity index (χ0v) is 30.3. The maximum absolute atomic E-state index is 13.5. The number of hydrogen-bond acceptors (Lipinski definition) is 9. The van der Waals surface area contributed by atoms with E-state index in [1.165, 1.54) is 0 Å². The molecule has 10 nitrogen and oxygen atoms in total. The van der Waals surface area contributed by atoms with Crippen LogP contribution in [0.2, 0.25) is 5.02 Å². The molecule has 0 spiro atoms.